The first-order valence-electron chi connectivity index (χ1n) is 4.95. The monoisotopic (exact) mass is 381 g/mol. The molecule has 1 aromatic carbocycles. The highest BCUT2D eigenvalue weighted by Crippen LogP contribution is 2.28. The van der Waals surface area contributed by atoms with Gasteiger partial charge in [-0.2, -0.15) is 0 Å². The highest BCUT2D eigenvalue weighted by molar-refractivity contribution is 14.1. The van der Waals surface area contributed by atoms with Crippen molar-refractivity contribution in [1.29, 1.82) is 0 Å². The highest BCUT2D eigenvalue weighted by atomic mass is 127. The van der Waals surface area contributed by atoms with E-state index in [2.05, 4.69) is 34.7 Å². The summed E-state index contributed by atoms with van der Waals surface area (Å²) in [5.74, 6) is 0. The third-order valence-corrected chi connectivity index (χ3v) is 5.50. The quantitative estimate of drug-likeness (QED) is 0.767. The van der Waals surface area contributed by atoms with Gasteiger partial charge in [-0.15, -0.1) is 11.3 Å². The van der Waals surface area contributed by atoms with E-state index in [9.17, 15) is 8.42 Å². The van der Waals surface area contributed by atoms with E-state index >= 15 is 0 Å². The molecule has 1 heterocycles. The molecule has 3 nitrogen and oxygen atoms in total. The smallest absolute Gasteiger partial charge is 0.211 e. The maximum Gasteiger partial charge on any atom is 0.211 e. The van der Waals surface area contributed by atoms with Crippen molar-refractivity contribution in [3.8, 4) is 0 Å². The number of thiophene rings is 1. The second-order valence-corrected chi connectivity index (χ2v) is 8.17. The Morgan fingerprint density at radius 1 is 1.41 bits per heavy atom. The van der Waals surface area contributed by atoms with Gasteiger partial charge in [0, 0.05) is 21.9 Å². The van der Waals surface area contributed by atoms with Crippen LogP contribution in [-0.4, -0.2) is 26.0 Å². The highest BCUT2D eigenvalue weighted by Gasteiger charge is 2.13. The molecule has 0 aliphatic heterocycles. The zero-order valence-corrected chi connectivity index (χ0v) is 13.3. The summed E-state index contributed by atoms with van der Waals surface area (Å²) in [5, 5.41) is 3.17. The number of sulfonamides is 1. The van der Waals surface area contributed by atoms with Crippen molar-refractivity contribution in [1.82, 2.24) is 4.31 Å². The molecule has 0 spiro atoms. The zero-order chi connectivity index (χ0) is 12.6. The predicted octanol–water partition coefficient (Wildman–Crippen LogP) is 2.90. The van der Waals surface area contributed by atoms with Crippen molar-refractivity contribution in [3.63, 3.8) is 0 Å². The fraction of sp³-hybridized carbons (Fsp3) is 0.273. The molecule has 0 aliphatic carbocycles. The van der Waals surface area contributed by atoms with Crippen LogP contribution in [0.2, 0.25) is 0 Å². The molecule has 0 amide bonds. The first kappa shape index (κ1) is 13.3. The Morgan fingerprint density at radius 2 is 2.12 bits per heavy atom. The van der Waals surface area contributed by atoms with Crippen molar-refractivity contribution < 1.29 is 8.42 Å². The summed E-state index contributed by atoms with van der Waals surface area (Å²) in [6.07, 6.45) is 1.23. The molecule has 0 saturated carbocycles. The average Bonchev–Trinajstić information content (AvgIpc) is 2.59. The molecule has 0 atom stereocenters. The normalized spacial score (nSPS) is 12.5. The molecule has 0 saturated heterocycles. The fourth-order valence-corrected chi connectivity index (χ4v) is 3.60. The maximum absolute atomic E-state index is 11.4. The molecule has 0 aliphatic rings. The van der Waals surface area contributed by atoms with Gasteiger partial charge in [0.15, 0.2) is 0 Å². The molecule has 2 rings (SSSR count). The molecule has 6 heteroatoms. The van der Waals surface area contributed by atoms with Gasteiger partial charge in [-0.3, -0.25) is 0 Å². The van der Waals surface area contributed by atoms with E-state index in [1.165, 1.54) is 18.8 Å². The molecule has 0 fully saturated rings. The topological polar surface area (TPSA) is 37.4 Å². The first-order valence-corrected chi connectivity index (χ1v) is 8.75. The number of hydrogen-bond acceptors (Lipinski definition) is 3. The van der Waals surface area contributed by atoms with E-state index in [0.717, 1.165) is 10.9 Å². The third-order valence-electron chi connectivity index (χ3n) is 2.58. The summed E-state index contributed by atoms with van der Waals surface area (Å²) in [5.41, 5.74) is 1.06. The summed E-state index contributed by atoms with van der Waals surface area (Å²) < 4.78 is 26.5. The predicted molar refractivity (Wildman–Crippen MR) is 80.9 cm³/mol. The van der Waals surface area contributed by atoms with Gasteiger partial charge in [0.1, 0.15) is 0 Å². The van der Waals surface area contributed by atoms with Crippen LogP contribution in [0.25, 0.3) is 10.1 Å². The molecule has 0 N–H and O–H groups in total. The average molecular weight is 381 g/mol. The van der Waals surface area contributed by atoms with E-state index in [4.69, 9.17) is 0 Å². The zero-order valence-electron chi connectivity index (χ0n) is 9.47. The van der Waals surface area contributed by atoms with E-state index in [0.29, 0.717) is 6.54 Å². The molecule has 17 heavy (non-hydrogen) atoms. The molecule has 2 aromatic rings. The van der Waals surface area contributed by atoms with E-state index in [1.54, 1.807) is 18.4 Å². The fourth-order valence-electron chi connectivity index (χ4n) is 1.54. The largest absolute Gasteiger partial charge is 0.213 e. The summed E-state index contributed by atoms with van der Waals surface area (Å²) in [4.78, 5) is 0. The van der Waals surface area contributed by atoms with Crippen molar-refractivity contribution in [3.05, 3.63) is 32.7 Å². The number of hydrogen-bond donors (Lipinski definition) is 0. The van der Waals surface area contributed by atoms with Gasteiger partial charge in [0.05, 0.1) is 6.26 Å². The van der Waals surface area contributed by atoms with Crippen molar-refractivity contribution >= 4 is 54.0 Å². The van der Waals surface area contributed by atoms with E-state index < -0.39 is 10.0 Å². The van der Waals surface area contributed by atoms with E-state index in [1.807, 2.05) is 11.4 Å². The number of rotatable bonds is 3. The molecule has 0 unspecified atom stereocenters. The van der Waals surface area contributed by atoms with Gasteiger partial charge >= 0.3 is 0 Å². The Morgan fingerprint density at radius 3 is 2.76 bits per heavy atom. The van der Waals surface area contributed by atoms with Gasteiger partial charge in [0.25, 0.3) is 0 Å². The second-order valence-electron chi connectivity index (χ2n) is 3.92. The van der Waals surface area contributed by atoms with Crippen LogP contribution in [0.3, 0.4) is 0 Å². The summed E-state index contributed by atoms with van der Waals surface area (Å²) in [7, 11) is -1.52. The Bertz CT molecular complexity index is 649. The summed E-state index contributed by atoms with van der Waals surface area (Å²) in [6, 6.07) is 6.21. The van der Waals surface area contributed by atoms with Crippen LogP contribution in [0, 0.1) is 3.57 Å². The molecule has 92 valence electrons. The lowest BCUT2D eigenvalue weighted by Gasteiger charge is -2.13. The molecule has 0 radical (unpaired) electrons. The van der Waals surface area contributed by atoms with Crippen molar-refractivity contribution in [2.45, 2.75) is 6.54 Å². The molecular formula is C11H12INO2S2. The van der Waals surface area contributed by atoms with Crippen LogP contribution in [0.1, 0.15) is 5.56 Å². The van der Waals surface area contributed by atoms with Crippen LogP contribution >= 0.6 is 33.9 Å². The Labute approximate surface area is 119 Å². The van der Waals surface area contributed by atoms with Gasteiger partial charge in [-0.25, -0.2) is 12.7 Å². The van der Waals surface area contributed by atoms with Crippen molar-refractivity contribution in [2.75, 3.05) is 13.3 Å². The van der Waals surface area contributed by atoms with Gasteiger partial charge in [0.2, 0.25) is 10.0 Å². The van der Waals surface area contributed by atoms with Crippen molar-refractivity contribution in [2.24, 2.45) is 0 Å². The second kappa shape index (κ2) is 4.83. The minimum atomic E-state index is -3.12. The lowest BCUT2D eigenvalue weighted by atomic mass is 10.2. The SMILES string of the molecule is CN(Cc1csc2cc(I)ccc12)S(C)(=O)=O. The summed E-state index contributed by atoms with van der Waals surface area (Å²) >= 11 is 3.93. The van der Waals surface area contributed by atoms with Gasteiger partial charge in [-0.1, -0.05) is 6.07 Å². The van der Waals surface area contributed by atoms with E-state index in [-0.39, 0.29) is 0 Å². The lowest BCUT2D eigenvalue weighted by Crippen LogP contribution is -2.24. The number of nitrogens with zero attached hydrogens (tertiary/aromatic N) is 1. The molecule has 0 bridgehead atoms. The van der Waals surface area contributed by atoms with Gasteiger partial charge < -0.3 is 0 Å². The minimum Gasteiger partial charge on any atom is -0.213 e. The van der Waals surface area contributed by atoms with Crippen LogP contribution in [0.5, 0.6) is 0 Å². The summed E-state index contributed by atoms with van der Waals surface area (Å²) in [6.45, 7) is 0.430. The number of fused-ring (bicyclic) bond motifs is 1. The molecule has 1 aromatic heterocycles. The minimum absolute atomic E-state index is 0.430. The van der Waals surface area contributed by atoms with Crippen LogP contribution in [0.4, 0.5) is 0 Å². The first-order chi connectivity index (χ1) is 7.88. The maximum atomic E-state index is 11.4. The van der Waals surface area contributed by atoms with Gasteiger partial charge in [-0.05, 0) is 51.1 Å². The lowest BCUT2D eigenvalue weighted by molar-refractivity contribution is 0.474. The van der Waals surface area contributed by atoms with Crippen LogP contribution in [0.15, 0.2) is 23.6 Å². The number of benzene rings is 1. The Kier molecular flexibility index (Phi) is 3.77. The third kappa shape index (κ3) is 2.98. The number of halogens is 1. The molecular weight excluding hydrogens is 369 g/mol. The standard InChI is InChI=1S/C11H12INO2S2/c1-13(17(2,14)15)6-8-7-16-11-5-9(12)3-4-10(8)11/h3-5,7H,6H2,1-2H3. The van der Waals surface area contributed by atoms with Crippen LogP contribution in [-0.2, 0) is 16.6 Å². The Balaban J connectivity index is 2.38. The van der Waals surface area contributed by atoms with Crippen LogP contribution < -0.4 is 0 Å². The Hall–Kier alpha value is -0.180.